The van der Waals surface area contributed by atoms with E-state index < -0.39 is 0 Å². The SMILES string of the molecule is CC.CC.Cc1ccc2cc(OC(=O)C3CC4C=CC3C4)ccc2c1.Cc1ccc2ccccc2c1. The largest absolute Gasteiger partial charge is 0.426 e. The lowest BCUT2D eigenvalue weighted by molar-refractivity contribution is -0.139. The number of ether oxygens (including phenoxy) is 1. The van der Waals surface area contributed by atoms with Crippen molar-refractivity contribution in [2.75, 3.05) is 0 Å². The van der Waals surface area contributed by atoms with Gasteiger partial charge in [-0.3, -0.25) is 4.79 Å². The summed E-state index contributed by atoms with van der Waals surface area (Å²) in [5.41, 5.74) is 2.56. The second-order valence-corrected chi connectivity index (χ2v) is 9.17. The van der Waals surface area contributed by atoms with Gasteiger partial charge in [-0.25, -0.2) is 0 Å². The lowest BCUT2D eigenvalue weighted by Crippen LogP contribution is -2.23. The fourth-order valence-electron chi connectivity index (χ4n) is 4.96. The Labute approximate surface area is 217 Å². The van der Waals surface area contributed by atoms with Crippen LogP contribution in [0.2, 0.25) is 0 Å². The molecule has 2 bridgehead atoms. The number of rotatable bonds is 2. The molecule has 36 heavy (non-hydrogen) atoms. The Morgan fingerprint density at radius 2 is 1.22 bits per heavy atom. The summed E-state index contributed by atoms with van der Waals surface area (Å²) in [5.74, 6) is 1.62. The normalized spacial score (nSPS) is 18.9. The number of benzene rings is 4. The van der Waals surface area contributed by atoms with E-state index >= 15 is 0 Å². The number of hydrogen-bond acceptors (Lipinski definition) is 2. The van der Waals surface area contributed by atoms with Crippen LogP contribution in [0, 0.1) is 31.6 Å². The molecule has 2 aliphatic rings. The zero-order valence-electron chi connectivity index (χ0n) is 22.6. The molecule has 0 N–H and O–H groups in total. The molecule has 0 amide bonds. The average molecular weight is 481 g/mol. The maximum atomic E-state index is 12.3. The summed E-state index contributed by atoms with van der Waals surface area (Å²) in [7, 11) is 0. The van der Waals surface area contributed by atoms with Crippen molar-refractivity contribution < 1.29 is 9.53 Å². The topological polar surface area (TPSA) is 26.3 Å². The van der Waals surface area contributed by atoms with E-state index in [2.05, 4.69) is 86.7 Å². The standard InChI is InChI=1S/C19H18O2.C11H10.2C2H6/c1-12-2-4-15-11-17(7-6-14(15)8-12)21-19(20)18-10-13-3-5-16(18)9-13;1-9-6-7-10-4-2-3-5-11(10)8-9;2*1-2/h2-8,11,13,16,18H,9-10H2,1H3;2-8H,1H3;2*1-2H3. The first-order valence-electron chi connectivity index (χ1n) is 13.4. The molecule has 4 aromatic rings. The highest BCUT2D eigenvalue weighted by Crippen LogP contribution is 2.44. The fourth-order valence-corrected chi connectivity index (χ4v) is 4.96. The van der Waals surface area contributed by atoms with E-state index in [0.717, 1.165) is 18.2 Å². The molecule has 2 nitrogen and oxygen atoms in total. The van der Waals surface area contributed by atoms with Gasteiger partial charge in [-0.05, 0) is 72.2 Å². The number of hydrogen-bond donors (Lipinski definition) is 0. The first kappa shape index (κ1) is 27.2. The van der Waals surface area contributed by atoms with Crippen molar-refractivity contribution in [3.8, 4) is 5.75 Å². The molecule has 1 fully saturated rings. The quantitative estimate of drug-likeness (QED) is 0.162. The zero-order chi connectivity index (χ0) is 26.1. The van der Waals surface area contributed by atoms with E-state index in [0.29, 0.717) is 17.6 Å². The van der Waals surface area contributed by atoms with Crippen molar-refractivity contribution in [1.29, 1.82) is 0 Å². The fraction of sp³-hybridized carbons (Fsp3) is 0.324. The molecule has 0 radical (unpaired) electrons. The molecule has 0 aliphatic heterocycles. The van der Waals surface area contributed by atoms with Gasteiger partial charge in [-0.1, -0.05) is 118 Å². The Hall–Kier alpha value is -3.39. The van der Waals surface area contributed by atoms with E-state index in [1.54, 1.807) is 0 Å². The Bertz CT molecular complexity index is 1320. The third kappa shape index (κ3) is 6.63. The predicted molar refractivity (Wildman–Crippen MR) is 155 cm³/mol. The molecule has 0 aromatic heterocycles. The van der Waals surface area contributed by atoms with Gasteiger partial charge in [0, 0.05) is 0 Å². The first-order chi connectivity index (χ1) is 17.5. The van der Waals surface area contributed by atoms with Gasteiger partial charge in [0.1, 0.15) is 5.75 Å². The molecular weight excluding hydrogens is 440 g/mol. The minimum Gasteiger partial charge on any atom is -0.426 e. The van der Waals surface area contributed by atoms with Crippen LogP contribution in [0.4, 0.5) is 0 Å². The van der Waals surface area contributed by atoms with Crippen molar-refractivity contribution in [3.63, 3.8) is 0 Å². The minimum atomic E-state index is -0.0710. The number of carbonyl (C=O) groups excluding carboxylic acids is 1. The summed E-state index contributed by atoms with van der Waals surface area (Å²) in [6.07, 6.45) is 6.50. The van der Waals surface area contributed by atoms with Gasteiger partial charge in [0.15, 0.2) is 0 Å². The van der Waals surface area contributed by atoms with Crippen LogP contribution in [0.15, 0.2) is 91.0 Å². The van der Waals surface area contributed by atoms with Crippen molar-refractivity contribution in [2.24, 2.45) is 17.8 Å². The minimum absolute atomic E-state index is 0.0497. The number of esters is 1. The van der Waals surface area contributed by atoms with Crippen LogP contribution >= 0.6 is 0 Å². The molecule has 4 aromatic carbocycles. The second kappa shape index (κ2) is 13.1. The summed E-state index contributed by atoms with van der Waals surface area (Å²) in [4.78, 5) is 12.3. The molecule has 2 heteroatoms. The third-order valence-electron chi connectivity index (χ3n) is 6.67. The molecular formula is C34H40O2. The summed E-state index contributed by atoms with van der Waals surface area (Å²) >= 11 is 0. The predicted octanol–water partition coefficient (Wildman–Crippen LogP) is 9.47. The van der Waals surface area contributed by atoms with Gasteiger partial charge < -0.3 is 4.74 Å². The maximum absolute atomic E-state index is 12.3. The maximum Gasteiger partial charge on any atom is 0.314 e. The summed E-state index contributed by atoms with van der Waals surface area (Å²) < 4.78 is 5.62. The van der Waals surface area contributed by atoms with E-state index in [1.165, 1.54) is 27.3 Å². The van der Waals surface area contributed by atoms with Crippen LogP contribution in [-0.4, -0.2) is 5.97 Å². The summed E-state index contributed by atoms with van der Waals surface area (Å²) in [5, 5.41) is 4.93. The molecule has 0 spiro atoms. The Balaban J connectivity index is 0.000000203. The highest BCUT2D eigenvalue weighted by molar-refractivity contribution is 5.86. The Kier molecular flexibility index (Phi) is 9.87. The van der Waals surface area contributed by atoms with Crippen LogP contribution < -0.4 is 4.74 Å². The first-order valence-corrected chi connectivity index (χ1v) is 13.4. The van der Waals surface area contributed by atoms with Crippen LogP contribution in [0.5, 0.6) is 5.75 Å². The summed E-state index contributed by atoms with van der Waals surface area (Å²) in [6.45, 7) is 12.2. The number of carbonyl (C=O) groups is 1. The third-order valence-corrected chi connectivity index (χ3v) is 6.67. The van der Waals surface area contributed by atoms with Crippen LogP contribution in [0.3, 0.4) is 0 Å². The monoisotopic (exact) mass is 480 g/mol. The van der Waals surface area contributed by atoms with Gasteiger partial charge >= 0.3 is 5.97 Å². The molecule has 3 unspecified atom stereocenters. The lowest BCUT2D eigenvalue weighted by atomic mass is 9.94. The van der Waals surface area contributed by atoms with E-state index in [-0.39, 0.29) is 11.9 Å². The van der Waals surface area contributed by atoms with Gasteiger partial charge in [0.25, 0.3) is 0 Å². The van der Waals surface area contributed by atoms with E-state index in [9.17, 15) is 4.79 Å². The van der Waals surface area contributed by atoms with E-state index in [1.807, 2.05) is 45.9 Å². The van der Waals surface area contributed by atoms with Gasteiger partial charge in [-0.2, -0.15) is 0 Å². The molecule has 2 aliphatic carbocycles. The van der Waals surface area contributed by atoms with Crippen molar-refractivity contribution in [1.82, 2.24) is 0 Å². The van der Waals surface area contributed by atoms with E-state index in [4.69, 9.17) is 4.74 Å². The second-order valence-electron chi connectivity index (χ2n) is 9.17. The molecule has 3 atom stereocenters. The smallest absolute Gasteiger partial charge is 0.314 e. The molecule has 188 valence electrons. The lowest BCUT2D eigenvalue weighted by Gasteiger charge is -2.16. The Morgan fingerprint density at radius 3 is 1.83 bits per heavy atom. The van der Waals surface area contributed by atoms with Crippen LogP contribution in [-0.2, 0) is 4.79 Å². The van der Waals surface area contributed by atoms with Crippen molar-refractivity contribution in [2.45, 2.75) is 54.4 Å². The zero-order valence-corrected chi connectivity index (χ0v) is 22.6. The highest BCUT2D eigenvalue weighted by atomic mass is 16.5. The van der Waals surface area contributed by atoms with Crippen molar-refractivity contribution >= 4 is 27.5 Å². The van der Waals surface area contributed by atoms with Gasteiger partial charge in [-0.15, -0.1) is 0 Å². The molecule has 1 saturated carbocycles. The average Bonchev–Trinajstić information content (AvgIpc) is 3.56. The van der Waals surface area contributed by atoms with Gasteiger partial charge in [0.2, 0.25) is 0 Å². The van der Waals surface area contributed by atoms with Crippen LogP contribution in [0.1, 0.15) is 51.7 Å². The number of allylic oxidation sites excluding steroid dienone is 2. The molecule has 6 rings (SSSR count). The molecule has 0 heterocycles. The molecule has 0 saturated heterocycles. The van der Waals surface area contributed by atoms with Gasteiger partial charge in [0.05, 0.1) is 5.92 Å². The van der Waals surface area contributed by atoms with Crippen molar-refractivity contribution in [3.05, 3.63) is 102 Å². The van der Waals surface area contributed by atoms with Crippen LogP contribution in [0.25, 0.3) is 21.5 Å². The highest BCUT2D eigenvalue weighted by Gasteiger charge is 2.40. The summed E-state index contributed by atoms with van der Waals surface area (Å²) in [6, 6.07) is 27.1. The Morgan fingerprint density at radius 1 is 0.667 bits per heavy atom. The number of fused-ring (bicyclic) bond motifs is 4. The number of aryl methyl sites for hydroxylation is 2.